The van der Waals surface area contributed by atoms with Crippen LogP contribution >= 0.6 is 0 Å². The highest BCUT2D eigenvalue weighted by atomic mass is 16.2. The van der Waals surface area contributed by atoms with E-state index in [4.69, 9.17) is 5.73 Å². The van der Waals surface area contributed by atoms with E-state index >= 15 is 0 Å². The number of hydrogen-bond acceptors (Lipinski definition) is 6. The fraction of sp³-hybridized carbons (Fsp3) is 0.294. The largest absolute Gasteiger partial charge is 0.364 e. The van der Waals surface area contributed by atoms with Crippen molar-refractivity contribution in [2.24, 2.45) is 5.73 Å². The number of carbonyl (C=O) groups excluding carboxylic acids is 2. The van der Waals surface area contributed by atoms with Crippen molar-refractivity contribution in [2.45, 2.75) is 19.5 Å². The highest BCUT2D eigenvalue weighted by Gasteiger charge is 2.21. The number of imidazole rings is 1. The molecule has 2 N–H and O–H groups in total. The summed E-state index contributed by atoms with van der Waals surface area (Å²) in [7, 11) is 0. The molecule has 0 atom stereocenters. The lowest BCUT2D eigenvalue weighted by molar-refractivity contribution is 0.0758. The van der Waals surface area contributed by atoms with Gasteiger partial charge in [-0.25, -0.2) is 9.67 Å². The molecule has 27 heavy (non-hydrogen) atoms. The quantitative estimate of drug-likeness (QED) is 0.677. The molecule has 2 aromatic heterocycles. The first-order valence-corrected chi connectivity index (χ1v) is 8.55. The van der Waals surface area contributed by atoms with Crippen LogP contribution in [0.5, 0.6) is 0 Å². The Morgan fingerprint density at radius 3 is 2.63 bits per heavy atom. The fourth-order valence-corrected chi connectivity index (χ4v) is 3.12. The van der Waals surface area contributed by atoms with E-state index in [1.807, 2.05) is 28.8 Å². The minimum Gasteiger partial charge on any atom is -0.364 e. The molecule has 138 valence electrons. The molecule has 10 nitrogen and oxygen atoms in total. The van der Waals surface area contributed by atoms with Gasteiger partial charge in [-0.3, -0.25) is 9.59 Å². The molecule has 1 aromatic carbocycles. The molecule has 0 radical (unpaired) electrons. The molecule has 2 amide bonds. The number of rotatable bonds is 4. The monoisotopic (exact) mass is 366 g/mol. The number of amides is 2. The van der Waals surface area contributed by atoms with Crippen LogP contribution in [0.4, 0.5) is 0 Å². The van der Waals surface area contributed by atoms with Crippen molar-refractivity contribution in [1.82, 2.24) is 34.7 Å². The van der Waals surface area contributed by atoms with Crippen molar-refractivity contribution in [3.05, 3.63) is 59.4 Å². The predicted octanol–water partition coefficient (Wildman–Crippen LogP) is -0.285. The molecule has 0 bridgehead atoms. The Morgan fingerprint density at radius 2 is 1.93 bits per heavy atom. The number of tetrazole rings is 1. The van der Waals surface area contributed by atoms with E-state index in [9.17, 15) is 9.59 Å². The SMILES string of the molecule is NC(=O)c1cn2c(n1)CCN(C(=O)c1ccc(Cn3cnnn3)cc1)CC2. The van der Waals surface area contributed by atoms with Crippen LogP contribution in [-0.4, -0.2) is 59.6 Å². The molecule has 3 aromatic rings. The first-order chi connectivity index (χ1) is 13.1. The smallest absolute Gasteiger partial charge is 0.268 e. The Hall–Kier alpha value is -3.56. The second kappa shape index (κ2) is 6.98. The van der Waals surface area contributed by atoms with Crippen LogP contribution in [0, 0.1) is 0 Å². The number of hydrogen-bond donors (Lipinski definition) is 1. The average Bonchev–Trinajstić information content (AvgIpc) is 3.28. The maximum absolute atomic E-state index is 12.8. The third kappa shape index (κ3) is 3.54. The summed E-state index contributed by atoms with van der Waals surface area (Å²) in [5.41, 5.74) is 7.19. The second-order valence-electron chi connectivity index (χ2n) is 6.35. The first-order valence-electron chi connectivity index (χ1n) is 8.55. The van der Waals surface area contributed by atoms with Crippen molar-refractivity contribution in [1.29, 1.82) is 0 Å². The summed E-state index contributed by atoms with van der Waals surface area (Å²) in [6.07, 6.45) is 3.78. The van der Waals surface area contributed by atoms with Crippen molar-refractivity contribution < 1.29 is 9.59 Å². The summed E-state index contributed by atoms with van der Waals surface area (Å²) in [6.45, 7) is 2.22. The molecule has 10 heteroatoms. The highest BCUT2D eigenvalue weighted by Crippen LogP contribution is 2.14. The van der Waals surface area contributed by atoms with E-state index in [0.717, 1.165) is 11.4 Å². The van der Waals surface area contributed by atoms with Gasteiger partial charge in [0.1, 0.15) is 17.8 Å². The van der Waals surface area contributed by atoms with Gasteiger partial charge in [0.2, 0.25) is 0 Å². The fourth-order valence-electron chi connectivity index (χ4n) is 3.12. The zero-order valence-electron chi connectivity index (χ0n) is 14.5. The second-order valence-corrected chi connectivity index (χ2v) is 6.35. The predicted molar refractivity (Wildman–Crippen MR) is 93.7 cm³/mol. The summed E-state index contributed by atoms with van der Waals surface area (Å²) in [5.74, 6) is 0.214. The van der Waals surface area contributed by atoms with E-state index in [1.165, 1.54) is 0 Å². The van der Waals surface area contributed by atoms with Gasteiger partial charge in [0, 0.05) is 37.8 Å². The van der Waals surface area contributed by atoms with Crippen molar-refractivity contribution in [2.75, 3.05) is 13.1 Å². The molecule has 0 aliphatic carbocycles. The molecule has 0 saturated carbocycles. The van der Waals surface area contributed by atoms with Crippen LogP contribution in [0.2, 0.25) is 0 Å². The van der Waals surface area contributed by atoms with Crippen molar-refractivity contribution >= 4 is 11.8 Å². The number of fused-ring (bicyclic) bond motifs is 1. The van der Waals surface area contributed by atoms with Gasteiger partial charge in [-0.2, -0.15) is 0 Å². The van der Waals surface area contributed by atoms with Crippen molar-refractivity contribution in [3.8, 4) is 0 Å². The lowest BCUT2D eigenvalue weighted by atomic mass is 10.1. The Kier molecular flexibility index (Phi) is 4.37. The first kappa shape index (κ1) is 16.9. The van der Waals surface area contributed by atoms with Crippen LogP contribution in [-0.2, 0) is 19.5 Å². The summed E-state index contributed by atoms with van der Waals surface area (Å²) in [6, 6.07) is 7.43. The molecule has 3 heterocycles. The lowest BCUT2D eigenvalue weighted by Crippen LogP contribution is -2.33. The number of nitrogens with two attached hydrogens (primary N) is 1. The molecular weight excluding hydrogens is 348 g/mol. The maximum atomic E-state index is 12.8. The van der Waals surface area contributed by atoms with E-state index in [0.29, 0.717) is 38.2 Å². The number of nitrogens with zero attached hydrogens (tertiary/aromatic N) is 7. The average molecular weight is 366 g/mol. The van der Waals surface area contributed by atoms with Gasteiger partial charge >= 0.3 is 0 Å². The molecule has 1 aliphatic heterocycles. The van der Waals surface area contributed by atoms with E-state index in [1.54, 1.807) is 22.1 Å². The molecule has 0 unspecified atom stereocenters. The number of carbonyl (C=O) groups is 2. The zero-order valence-corrected chi connectivity index (χ0v) is 14.5. The Balaban J connectivity index is 1.42. The molecular formula is C17H18N8O2. The number of primary amides is 1. The van der Waals surface area contributed by atoms with E-state index in [-0.39, 0.29) is 11.6 Å². The molecule has 0 fully saturated rings. The Bertz CT molecular complexity index is 936. The van der Waals surface area contributed by atoms with Gasteiger partial charge in [-0.15, -0.1) is 5.10 Å². The van der Waals surface area contributed by atoms with Crippen LogP contribution < -0.4 is 5.73 Å². The minimum atomic E-state index is -0.537. The summed E-state index contributed by atoms with van der Waals surface area (Å²) >= 11 is 0. The number of aromatic nitrogens is 6. The molecule has 0 spiro atoms. The minimum absolute atomic E-state index is 0.0233. The third-order valence-electron chi connectivity index (χ3n) is 4.55. The lowest BCUT2D eigenvalue weighted by Gasteiger charge is -2.20. The standard InChI is InChI=1S/C17H18N8O2/c18-16(26)14-10-24-8-7-23(6-5-15(24)20-14)17(27)13-3-1-12(2-4-13)9-25-11-19-21-22-25/h1-4,10-11H,5-9H2,(H2,18,26). The van der Waals surface area contributed by atoms with Crippen LogP contribution in [0.3, 0.4) is 0 Å². The van der Waals surface area contributed by atoms with Gasteiger partial charge in [0.05, 0.1) is 6.54 Å². The van der Waals surface area contributed by atoms with Gasteiger partial charge in [0.25, 0.3) is 11.8 Å². The van der Waals surface area contributed by atoms with Gasteiger partial charge in [-0.05, 0) is 28.1 Å². The normalized spacial score (nSPS) is 13.9. The zero-order chi connectivity index (χ0) is 18.8. The van der Waals surface area contributed by atoms with Gasteiger partial charge in [0.15, 0.2) is 0 Å². The Labute approximate surface area is 154 Å². The van der Waals surface area contributed by atoms with Crippen LogP contribution in [0.1, 0.15) is 32.2 Å². The third-order valence-corrected chi connectivity index (χ3v) is 4.55. The van der Waals surface area contributed by atoms with Crippen LogP contribution in [0.25, 0.3) is 0 Å². The van der Waals surface area contributed by atoms with Gasteiger partial charge < -0.3 is 15.2 Å². The summed E-state index contributed by atoms with van der Waals surface area (Å²) in [5, 5.41) is 11.0. The summed E-state index contributed by atoms with van der Waals surface area (Å²) < 4.78 is 3.51. The molecule has 4 rings (SSSR count). The van der Waals surface area contributed by atoms with Crippen molar-refractivity contribution in [3.63, 3.8) is 0 Å². The van der Waals surface area contributed by atoms with E-state index in [2.05, 4.69) is 20.5 Å². The maximum Gasteiger partial charge on any atom is 0.268 e. The van der Waals surface area contributed by atoms with E-state index < -0.39 is 5.91 Å². The molecule has 0 saturated heterocycles. The molecule has 1 aliphatic rings. The number of benzene rings is 1. The topological polar surface area (TPSA) is 125 Å². The van der Waals surface area contributed by atoms with Crippen LogP contribution in [0.15, 0.2) is 36.8 Å². The van der Waals surface area contributed by atoms with Gasteiger partial charge in [-0.1, -0.05) is 12.1 Å². The highest BCUT2D eigenvalue weighted by molar-refractivity contribution is 5.94. The summed E-state index contributed by atoms with van der Waals surface area (Å²) in [4.78, 5) is 30.1. The Morgan fingerprint density at radius 1 is 1.11 bits per heavy atom.